The van der Waals surface area contributed by atoms with Gasteiger partial charge in [0.1, 0.15) is 0 Å². The fourth-order valence-electron chi connectivity index (χ4n) is 2.31. The van der Waals surface area contributed by atoms with Gasteiger partial charge in [0.25, 0.3) is 0 Å². The number of fused-ring (bicyclic) bond motifs is 1. The largest absolute Gasteiger partial charge is 0.310 e. The van der Waals surface area contributed by atoms with Gasteiger partial charge in [-0.2, -0.15) is 0 Å². The highest BCUT2D eigenvalue weighted by molar-refractivity contribution is 7.12. The Hall–Kier alpha value is -0.340. The van der Waals surface area contributed by atoms with Crippen LogP contribution in [-0.4, -0.2) is 7.05 Å². The molecule has 0 spiro atoms. The Morgan fingerprint density at radius 2 is 2.23 bits per heavy atom. The minimum Gasteiger partial charge on any atom is -0.310 e. The third-order valence-electron chi connectivity index (χ3n) is 3.45. The second-order valence-electron chi connectivity index (χ2n) is 4.24. The number of aryl methyl sites for hydroxylation is 2. The van der Waals surface area contributed by atoms with E-state index >= 15 is 0 Å². The van der Waals surface area contributed by atoms with Gasteiger partial charge in [-0.05, 0) is 50.8 Å². The number of nitrogens with one attached hydrogen (secondary N) is 1. The van der Waals surface area contributed by atoms with Gasteiger partial charge in [0.05, 0.1) is 5.54 Å². The molecule has 1 heterocycles. The summed E-state index contributed by atoms with van der Waals surface area (Å²) in [7, 11) is 2.10. The number of rotatable bonds is 2. The summed E-state index contributed by atoms with van der Waals surface area (Å²) in [4.78, 5) is 3.26. The van der Waals surface area contributed by atoms with Crippen LogP contribution in [0.5, 0.6) is 0 Å². The first-order chi connectivity index (χ1) is 6.34. The maximum atomic E-state index is 3.47. The van der Waals surface area contributed by atoms with Crippen LogP contribution in [0.2, 0.25) is 0 Å². The Morgan fingerprint density at radius 3 is 2.85 bits per heavy atom. The van der Waals surface area contributed by atoms with Gasteiger partial charge in [0.2, 0.25) is 0 Å². The second-order valence-corrected chi connectivity index (χ2v) is 5.38. The van der Waals surface area contributed by atoms with Crippen molar-refractivity contribution < 1.29 is 0 Å². The zero-order valence-electron chi connectivity index (χ0n) is 8.02. The van der Waals surface area contributed by atoms with Gasteiger partial charge in [-0.25, -0.2) is 0 Å². The number of hydrogen-bond acceptors (Lipinski definition) is 2. The lowest BCUT2D eigenvalue weighted by Gasteiger charge is -2.10. The number of hydrogen-bond donors (Lipinski definition) is 1. The summed E-state index contributed by atoms with van der Waals surface area (Å²) in [5.41, 5.74) is 2.04. The van der Waals surface area contributed by atoms with Gasteiger partial charge < -0.3 is 5.32 Å². The monoisotopic (exact) mass is 193 g/mol. The van der Waals surface area contributed by atoms with E-state index in [-0.39, 0.29) is 0 Å². The van der Waals surface area contributed by atoms with Crippen LogP contribution in [0.4, 0.5) is 0 Å². The first-order valence-corrected chi connectivity index (χ1v) is 5.97. The first kappa shape index (κ1) is 8.01. The molecular formula is C11H15NS. The maximum Gasteiger partial charge on any atom is 0.0528 e. The maximum absolute atomic E-state index is 3.47. The molecule has 1 nitrogen and oxygen atoms in total. The average molecular weight is 193 g/mol. The SMILES string of the molecule is CNC1(c2cc3c(s2)CCC3)CC1. The summed E-state index contributed by atoms with van der Waals surface area (Å²) < 4.78 is 0. The normalized spacial score (nSPS) is 23.2. The lowest BCUT2D eigenvalue weighted by Crippen LogP contribution is -2.23. The highest BCUT2D eigenvalue weighted by Gasteiger charge is 2.44. The molecule has 1 fully saturated rings. The van der Waals surface area contributed by atoms with Crippen molar-refractivity contribution in [3.8, 4) is 0 Å². The van der Waals surface area contributed by atoms with E-state index in [0.717, 1.165) is 0 Å². The molecule has 1 aromatic rings. The Kier molecular flexibility index (Phi) is 1.59. The minimum absolute atomic E-state index is 0.398. The van der Waals surface area contributed by atoms with Gasteiger partial charge in [0.15, 0.2) is 0 Å². The summed E-state index contributed by atoms with van der Waals surface area (Å²) in [5.74, 6) is 0. The average Bonchev–Trinajstić information content (AvgIpc) is 2.63. The minimum atomic E-state index is 0.398. The van der Waals surface area contributed by atoms with Crippen LogP contribution < -0.4 is 5.32 Å². The molecule has 0 aliphatic heterocycles. The third kappa shape index (κ3) is 1.09. The van der Waals surface area contributed by atoms with Gasteiger partial charge in [-0.3, -0.25) is 0 Å². The van der Waals surface area contributed by atoms with Crippen molar-refractivity contribution in [2.45, 2.75) is 37.6 Å². The first-order valence-electron chi connectivity index (χ1n) is 5.15. The molecule has 3 rings (SSSR count). The number of thiophene rings is 1. The van der Waals surface area contributed by atoms with E-state index in [0.29, 0.717) is 5.54 Å². The van der Waals surface area contributed by atoms with Crippen molar-refractivity contribution in [1.29, 1.82) is 0 Å². The van der Waals surface area contributed by atoms with Crippen LogP contribution >= 0.6 is 11.3 Å². The van der Waals surface area contributed by atoms with Crippen LogP contribution in [0.1, 0.15) is 34.6 Å². The molecule has 0 radical (unpaired) electrons. The molecule has 0 saturated heterocycles. The van der Waals surface area contributed by atoms with Gasteiger partial charge >= 0.3 is 0 Å². The third-order valence-corrected chi connectivity index (χ3v) is 4.89. The Balaban J connectivity index is 1.98. The second kappa shape index (κ2) is 2.58. The topological polar surface area (TPSA) is 12.0 Å². The molecule has 2 aliphatic carbocycles. The van der Waals surface area contributed by atoms with Gasteiger partial charge in [-0.1, -0.05) is 0 Å². The van der Waals surface area contributed by atoms with Crippen LogP contribution in [0, 0.1) is 0 Å². The summed E-state index contributed by atoms with van der Waals surface area (Å²) in [6, 6.07) is 2.45. The van der Waals surface area contributed by atoms with Crippen LogP contribution in [-0.2, 0) is 18.4 Å². The van der Waals surface area contributed by atoms with E-state index < -0.39 is 0 Å². The highest BCUT2D eigenvalue weighted by Crippen LogP contribution is 2.49. The molecule has 1 N–H and O–H groups in total. The molecule has 1 saturated carbocycles. The summed E-state index contributed by atoms with van der Waals surface area (Å²) >= 11 is 2.05. The molecular weight excluding hydrogens is 178 g/mol. The van der Waals surface area contributed by atoms with Crippen LogP contribution in [0.25, 0.3) is 0 Å². The smallest absolute Gasteiger partial charge is 0.0528 e. The molecule has 0 aromatic carbocycles. The summed E-state index contributed by atoms with van der Waals surface area (Å²) in [6.45, 7) is 0. The van der Waals surface area contributed by atoms with Crippen molar-refractivity contribution in [1.82, 2.24) is 5.32 Å². The van der Waals surface area contributed by atoms with Crippen molar-refractivity contribution in [2.24, 2.45) is 0 Å². The van der Waals surface area contributed by atoms with E-state index in [4.69, 9.17) is 0 Å². The van der Waals surface area contributed by atoms with Gasteiger partial charge in [0, 0.05) is 9.75 Å². The van der Waals surface area contributed by atoms with Gasteiger partial charge in [-0.15, -0.1) is 11.3 Å². The molecule has 2 heteroatoms. The molecule has 0 bridgehead atoms. The Bertz CT molecular complexity index is 314. The van der Waals surface area contributed by atoms with Crippen molar-refractivity contribution in [2.75, 3.05) is 7.05 Å². The predicted octanol–water partition coefficient (Wildman–Crippen LogP) is 2.45. The molecule has 70 valence electrons. The summed E-state index contributed by atoms with van der Waals surface area (Å²) in [6.07, 6.45) is 6.71. The van der Waals surface area contributed by atoms with E-state index in [1.165, 1.54) is 32.1 Å². The zero-order valence-corrected chi connectivity index (χ0v) is 8.84. The predicted molar refractivity (Wildman–Crippen MR) is 56.3 cm³/mol. The Labute approximate surface area is 83.2 Å². The fourth-order valence-corrected chi connectivity index (χ4v) is 3.82. The lowest BCUT2D eigenvalue weighted by atomic mass is 10.2. The molecule has 0 unspecified atom stereocenters. The van der Waals surface area contributed by atoms with E-state index in [2.05, 4.69) is 29.8 Å². The molecule has 13 heavy (non-hydrogen) atoms. The molecule has 2 aliphatic rings. The fraction of sp³-hybridized carbons (Fsp3) is 0.636. The van der Waals surface area contributed by atoms with E-state index in [9.17, 15) is 0 Å². The zero-order chi connectivity index (χ0) is 8.89. The van der Waals surface area contributed by atoms with Crippen LogP contribution in [0.15, 0.2) is 6.07 Å². The summed E-state index contributed by atoms with van der Waals surface area (Å²) in [5, 5.41) is 3.47. The molecule has 1 aromatic heterocycles. The Morgan fingerprint density at radius 1 is 1.38 bits per heavy atom. The van der Waals surface area contributed by atoms with E-state index in [1.54, 1.807) is 15.3 Å². The lowest BCUT2D eigenvalue weighted by molar-refractivity contribution is 0.596. The molecule has 0 amide bonds. The quantitative estimate of drug-likeness (QED) is 0.760. The van der Waals surface area contributed by atoms with Crippen molar-refractivity contribution >= 4 is 11.3 Å². The van der Waals surface area contributed by atoms with Crippen molar-refractivity contribution in [3.05, 3.63) is 21.4 Å². The van der Waals surface area contributed by atoms with E-state index in [1.807, 2.05) is 0 Å². The highest BCUT2D eigenvalue weighted by atomic mass is 32.1. The van der Waals surface area contributed by atoms with Crippen LogP contribution in [0.3, 0.4) is 0 Å². The molecule has 0 atom stereocenters. The van der Waals surface area contributed by atoms with Crippen molar-refractivity contribution in [3.63, 3.8) is 0 Å². The standard InChI is InChI=1S/C11H15NS/c1-12-11(5-6-11)10-7-8-3-2-4-9(8)13-10/h7,12H,2-6H2,1H3.